The van der Waals surface area contributed by atoms with Gasteiger partial charge in [-0.3, -0.25) is 9.78 Å². The number of ketones is 1. The summed E-state index contributed by atoms with van der Waals surface area (Å²) in [6.07, 6.45) is -2.64. The molecule has 0 aliphatic heterocycles. The molecule has 0 saturated carbocycles. The van der Waals surface area contributed by atoms with E-state index in [1.54, 1.807) is 36.0 Å². The van der Waals surface area contributed by atoms with Gasteiger partial charge in [-0.2, -0.15) is 13.2 Å². The number of alkyl halides is 3. The molecule has 2 aromatic heterocycles. The maximum Gasteiger partial charge on any atom is 0.416 e. The minimum absolute atomic E-state index is 0.0828. The number of Topliss-reactive ketones (excluding diaryl/α,β-unsaturated/α-hetero) is 1. The van der Waals surface area contributed by atoms with E-state index in [1.165, 1.54) is 23.5 Å². The highest BCUT2D eigenvalue weighted by molar-refractivity contribution is 9.11. The van der Waals surface area contributed by atoms with Crippen molar-refractivity contribution in [2.75, 3.05) is 0 Å². The van der Waals surface area contributed by atoms with Gasteiger partial charge in [0.15, 0.2) is 5.78 Å². The van der Waals surface area contributed by atoms with Crippen molar-refractivity contribution < 1.29 is 18.0 Å². The predicted octanol–water partition coefficient (Wildman–Crippen LogP) is 6.88. The van der Waals surface area contributed by atoms with Crippen LogP contribution in [0, 0.1) is 0 Å². The molecule has 4 aromatic rings. The molecular formula is C22H14BrF3N2OS. The Morgan fingerprint density at radius 1 is 1.07 bits per heavy atom. The van der Waals surface area contributed by atoms with Crippen LogP contribution >= 0.6 is 27.3 Å². The number of halogens is 4. The molecule has 0 unspecified atom stereocenters. The Bertz CT molecular complexity index is 1200. The van der Waals surface area contributed by atoms with Crippen LogP contribution < -0.4 is 0 Å². The second kappa shape index (κ2) is 8.28. The lowest BCUT2D eigenvalue weighted by molar-refractivity contribution is -0.137. The standard InChI is InChI=1S/C22H14BrF3N2OS/c23-21-20(28-12-30-21)17(13-3-6-16(7-4-13)22(24,25)26)11-19(29)15-5-8-18-14(10-15)2-1-9-27-18/h1-10,12,17H,11H2/t17-/m0/s1. The first-order valence-electron chi connectivity index (χ1n) is 8.97. The van der Waals surface area contributed by atoms with E-state index in [-0.39, 0.29) is 12.2 Å². The Hall–Kier alpha value is -2.58. The van der Waals surface area contributed by atoms with Crippen molar-refractivity contribution in [3.8, 4) is 0 Å². The summed E-state index contributed by atoms with van der Waals surface area (Å²) in [4.78, 5) is 21.7. The fraction of sp³-hybridized carbons (Fsp3) is 0.136. The van der Waals surface area contributed by atoms with Crippen LogP contribution in [0.2, 0.25) is 0 Å². The second-order valence-electron chi connectivity index (χ2n) is 6.72. The molecular weight excluding hydrogens is 477 g/mol. The van der Waals surface area contributed by atoms with Gasteiger partial charge in [0.25, 0.3) is 0 Å². The number of carbonyl (C=O) groups is 1. The molecule has 3 nitrogen and oxygen atoms in total. The first-order valence-corrected chi connectivity index (χ1v) is 10.6. The molecule has 30 heavy (non-hydrogen) atoms. The normalized spacial score (nSPS) is 12.8. The maximum atomic E-state index is 13.1. The first kappa shape index (κ1) is 20.7. The van der Waals surface area contributed by atoms with Gasteiger partial charge in [0.1, 0.15) is 0 Å². The average molecular weight is 491 g/mol. The van der Waals surface area contributed by atoms with Gasteiger partial charge in [0, 0.05) is 29.5 Å². The van der Waals surface area contributed by atoms with E-state index < -0.39 is 17.7 Å². The van der Waals surface area contributed by atoms with E-state index >= 15 is 0 Å². The van der Waals surface area contributed by atoms with Crippen LogP contribution in [-0.2, 0) is 6.18 Å². The van der Waals surface area contributed by atoms with Crippen molar-refractivity contribution >= 4 is 44.0 Å². The monoisotopic (exact) mass is 490 g/mol. The minimum atomic E-state index is -4.41. The van der Waals surface area contributed by atoms with Crippen LogP contribution in [0.5, 0.6) is 0 Å². The van der Waals surface area contributed by atoms with Gasteiger partial charge in [-0.1, -0.05) is 18.2 Å². The minimum Gasteiger partial charge on any atom is -0.294 e. The van der Waals surface area contributed by atoms with E-state index in [9.17, 15) is 18.0 Å². The molecule has 1 atom stereocenters. The zero-order chi connectivity index (χ0) is 21.3. The lowest BCUT2D eigenvalue weighted by atomic mass is 9.88. The Morgan fingerprint density at radius 2 is 1.83 bits per heavy atom. The highest BCUT2D eigenvalue weighted by atomic mass is 79.9. The van der Waals surface area contributed by atoms with Gasteiger partial charge >= 0.3 is 6.18 Å². The largest absolute Gasteiger partial charge is 0.416 e. The van der Waals surface area contributed by atoms with Crippen molar-refractivity contribution in [3.05, 3.63) is 92.5 Å². The molecule has 0 fully saturated rings. The highest BCUT2D eigenvalue weighted by Gasteiger charge is 2.31. The zero-order valence-electron chi connectivity index (χ0n) is 15.4. The quantitative estimate of drug-likeness (QED) is 0.286. The molecule has 0 amide bonds. The predicted molar refractivity (Wildman–Crippen MR) is 114 cm³/mol. The van der Waals surface area contributed by atoms with Gasteiger partial charge in [-0.25, -0.2) is 4.98 Å². The molecule has 2 aromatic carbocycles. The van der Waals surface area contributed by atoms with Crippen molar-refractivity contribution in [3.63, 3.8) is 0 Å². The third kappa shape index (κ3) is 4.29. The Kier molecular flexibility index (Phi) is 5.71. The van der Waals surface area contributed by atoms with Crippen molar-refractivity contribution in [2.45, 2.75) is 18.5 Å². The molecule has 0 aliphatic carbocycles. The van der Waals surface area contributed by atoms with E-state index in [0.29, 0.717) is 16.8 Å². The summed E-state index contributed by atoms with van der Waals surface area (Å²) in [5, 5.41) is 0.851. The van der Waals surface area contributed by atoms with Gasteiger partial charge in [0.2, 0.25) is 0 Å². The molecule has 2 heterocycles. The zero-order valence-corrected chi connectivity index (χ0v) is 17.8. The Balaban J connectivity index is 1.68. The van der Waals surface area contributed by atoms with E-state index in [2.05, 4.69) is 25.9 Å². The van der Waals surface area contributed by atoms with Crippen LogP contribution in [0.25, 0.3) is 10.9 Å². The molecule has 8 heteroatoms. The van der Waals surface area contributed by atoms with Crippen molar-refractivity contribution in [1.82, 2.24) is 9.97 Å². The first-order chi connectivity index (χ1) is 14.3. The Morgan fingerprint density at radius 3 is 2.50 bits per heavy atom. The Labute approximate surface area is 182 Å². The van der Waals surface area contributed by atoms with Gasteiger partial charge in [0.05, 0.1) is 26.1 Å². The summed E-state index contributed by atoms with van der Waals surface area (Å²) in [5.41, 5.74) is 3.47. The number of rotatable bonds is 5. The molecule has 0 aliphatic rings. The number of benzene rings is 2. The van der Waals surface area contributed by atoms with Crippen LogP contribution in [0.3, 0.4) is 0 Å². The van der Waals surface area contributed by atoms with Gasteiger partial charge in [-0.15, -0.1) is 11.3 Å². The number of thiazole rings is 1. The molecule has 152 valence electrons. The molecule has 0 spiro atoms. The van der Waals surface area contributed by atoms with E-state index in [4.69, 9.17) is 0 Å². The number of aromatic nitrogens is 2. The van der Waals surface area contributed by atoms with Crippen LogP contribution in [0.15, 0.2) is 70.1 Å². The fourth-order valence-corrected chi connectivity index (χ4v) is 4.50. The summed E-state index contributed by atoms with van der Waals surface area (Å²) in [6, 6.07) is 13.9. The van der Waals surface area contributed by atoms with Crippen LogP contribution in [-0.4, -0.2) is 15.8 Å². The summed E-state index contributed by atoms with van der Waals surface area (Å²) in [7, 11) is 0. The van der Waals surface area contributed by atoms with Gasteiger partial charge in [-0.05, 0) is 57.9 Å². The van der Waals surface area contributed by atoms with Crippen molar-refractivity contribution in [2.24, 2.45) is 0 Å². The smallest absolute Gasteiger partial charge is 0.294 e. The molecule has 0 saturated heterocycles. The third-order valence-electron chi connectivity index (χ3n) is 4.83. The molecule has 4 rings (SSSR count). The highest BCUT2D eigenvalue weighted by Crippen LogP contribution is 2.37. The average Bonchev–Trinajstić information content (AvgIpc) is 3.16. The topological polar surface area (TPSA) is 42.9 Å². The second-order valence-corrected chi connectivity index (χ2v) is 8.89. The number of carbonyl (C=O) groups excluding carboxylic acids is 1. The molecule has 0 bridgehead atoms. The van der Waals surface area contributed by atoms with E-state index in [1.807, 2.05) is 6.07 Å². The summed E-state index contributed by atoms with van der Waals surface area (Å²) >= 11 is 4.81. The van der Waals surface area contributed by atoms with Crippen LogP contribution in [0.4, 0.5) is 13.2 Å². The number of fused-ring (bicyclic) bond motifs is 1. The van der Waals surface area contributed by atoms with E-state index in [0.717, 1.165) is 26.8 Å². The summed E-state index contributed by atoms with van der Waals surface area (Å²) in [6.45, 7) is 0. The fourth-order valence-electron chi connectivity index (χ4n) is 3.30. The number of nitrogens with zero attached hydrogens (tertiary/aromatic N) is 2. The number of hydrogen-bond donors (Lipinski definition) is 0. The molecule has 0 N–H and O–H groups in total. The molecule has 0 radical (unpaired) electrons. The summed E-state index contributed by atoms with van der Waals surface area (Å²) < 4.78 is 39.6. The van der Waals surface area contributed by atoms with Gasteiger partial charge < -0.3 is 0 Å². The third-order valence-corrected chi connectivity index (χ3v) is 6.43. The SMILES string of the molecule is O=C(C[C@@H](c1ccc(C(F)(F)F)cc1)c1ncsc1Br)c1ccc2ncccc2c1. The lowest BCUT2D eigenvalue weighted by Crippen LogP contribution is -2.11. The number of pyridine rings is 1. The van der Waals surface area contributed by atoms with Crippen LogP contribution in [0.1, 0.15) is 39.5 Å². The maximum absolute atomic E-state index is 13.1. The van der Waals surface area contributed by atoms with Crippen molar-refractivity contribution in [1.29, 1.82) is 0 Å². The summed E-state index contributed by atoms with van der Waals surface area (Å²) in [5.74, 6) is -0.587. The number of hydrogen-bond acceptors (Lipinski definition) is 4. The lowest BCUT2D eigenvalue weighted by Gasteiger charge is -2.17.